The van der Waals surface area contributed by atoms with Crippen LogP contribution in [0.4, 0.5) is 4.79 Å². The zero-order chi connectivity index (χ0) is 13.9. The third-order valence-corrected chi connectivity index (χ3v) is 4.27. The summed E-state index contributed by atoms with van der Waals surface area (Å²) in [6.45, 7) is 3.69. The van der Waals surface area contributed by atoms with Crippen LogP contribution in [0.25, 0.3) is 5.69 Å². The van der Waals surface area contributed by atoms with Gasteiger partial charge in [0.05, 0.1) is 0 Å². The molecule has 1 aromatic carbocycles. The maximum atomic E-state index is 12.2. The van der Waals surface area contributed by atoms with Crippen molar-refractivity contribution in [2.75, 3.05) is 13.1 Å². The average Bonchev–Trinajstić information content (AvgIpc) is 3.09. The Bertz CT molecular complexity index is 666. The van der Waals surface area contributed by atoms with Crippen LogP contribution in [0.3, 0.4) is 0 Å². The number of hydrogen-bond acceptors (Lipinski definition) is 2. The van der Waals surface area contributed by atoms with Crippen molar-refractivity contribution in [1.82, 2.24) is 9.47 Å². The van der Waals surface area contributed by atoms with E-state index in [1.54, 1.807) is 11.3 Å². The van der Waals surface area contributed by atoms with E-state index in [9.17, 15) is 4.79 Å². The Labute approximate surface area is 122 Å². The first-order valence-corrected chi connectivity index (χ1v) is 7.64. The highest BCUT2D eigenvalue weighted by Crippen LogP contribution is 2.11. The second kappa shape index (κ2) is 5.63. The van der Waals surface area contributed by atoms with Gasteiger partial charge in [-0.2, -0.15) is 4.99 Å². The minimum atomic E-state index is -0.117. The largest absolute Gasteiger partial charge is 0.346 e. The van der Waals surface area contributed by atoms with Crippen molar-refractivity contribution >= 4 is 17.4 Å². The van der Waals surface area contributed by atoms with Gasteiger partial charge in [-0.25, -0.2) is 4.79 Å². The van der Waals surface area contributed by atoms with E-state index in [-0.39, 0.29) is 6.03 Å². The minimum Gasteiger partial charge on any atom is -0.323 e. The normalized spacial score (nSPS) is 15.8. The van der Waals surface area contributed by atoms with Crippen LogP contribution < -0.4 is 4.80 Å². The van der Waals surface area contributed by atoms with E-state index in [1.165, 1.54) is 0 Å². The van der Waals surface area contributed by atoms with E-state index < -0.39 is 0 Å². The van der Waals surface area contributed by atoms with Gasteiger partial charge in [-0.3, -0.25) is 4.57 Å². The smallest absolute Gasteiger partial charge is 0.323 e. The molecule has 1 saturated heterocycles. The molecule has 0 N–H and O–H groups in total. The Morgan fingerprint density at radius 1 is 1.20 bits per heavy atom. The van der Waals surface area contributed by atoms with Crippen LogP contribution in [0.5, 0.6) is 0 Å². The van der Waals surface area contributed by atoms with E-state index in [0.29, 0.717) is 0 Å². The summed E-state index contributed by atoms with van der Waals surface area (Å²) in [7, 11) is 0. The number of nitrogens with zero attached hydrogens (tertiary/aromatic N) is 3. The van der Waals surface area contributed by atoms with Crippen molar-refractivity contribution < 1.29 is 4.79 Å². The molecular weight excluding hydrogens is 270 g/mol. The number of carbonyl (C=O) groups is 1. The van der Waals surface area contributed by atoms with E-state index in [2.05, 4.69) is 4.99 Å². The quantitative estimate of drug-likeness (QED) is 0.794. The van der Waals surface area contributed by atoms with Crippen molar-refractivity contribution in [3.63, 3.8) is 0 Å². The third kappa shape index (κ3) is 2.67. The molecule has 4 nitrogen and oxygen atoms in total. The first kappa shape index (κ1) is 13.1. The molecule has 1 aliphatic heterocycles. The van der Waals surface area contributed by atoms with Crippen LogP contribution in [-0.2, 0) is 0 Å². The number of aromatic nitrogens is 1. The molecule has 1 aromatic heterocycles. The molecule has 0 spiro atoms. The average molecular weight is 287 g/mol. The predicted molar refractivity (Wildman–Crippen MR) is 80.1 cm³/mol. The SMILES string of the molecule is Cc1cn(-c2ccccc2)/c(=N/C(=O)N2CCCC2)s1. The number of amides is 2. The van der Waals surface area contributed by atoms with E-state index >= 15 is 0 Å². The van der Waals surface area contributed by atoms with Crippen molar-refractivity contribution in [2.24, 2.45) is 4.99 Å². The molecule has 0 unspecified atom stereocenters. The summed E-state index contributed by atoms with van der Waals surface area (Å²) in [6.07, 6.45) is 4.20. The fourth-order valence-electron chi connectivity index (χ4n) is 2.37. The highest BCUT2D eigenvalue weighted by molar-refractivity contribution is 7.09. The van der Waals surface area contributed by atoms with E-state index in [4.69, 9.17) is 0 Å². The van der Waals surface area contributed by atoms with Gasteiger partial charge in [0.25, 0.3) is 0 Å². The number of rotatable bonds is 1. The summed E-state index contributed by atoms with van der Waals surface area (Å²) in [6, 6.07) is 9.88. The lowest BCUT2D eigenvalue weighted by molar-refractivity contribution is 0.218. The lowest BCUT2D eigenvalue weighted by atomic mass is 10.3. The minimum absolute atomic E-state index is 0.117. The number of carbonyl (C=O) groups excluding carboxylic acids is 1. The maximum absolute atomic E-state index is 12.2. The van der Waals surface area contributed by atoms with Gasteiger partial charge in [0.15, 0.2) is 4.80 Å². The van der Waals surface area contributed by atoms with Gasteiger partial charge >= 0.3 is 6.03 Å². The van der Waals surface area contributed by atoms with Gasteiger partial charge in [0, 0.05) is 29.9 Å². The van der Waals surface area contributed by atoms with Gasteiger partial charge in [-0.05, 0) is 31.9 Å². The molecule has 0 saturated carbocycles. The first-order valence-electron chi connectivity index (χ1n) is 6.82. The molecule has 3 rings (SSSR count). The number of para-hydroxylation sites is 1. The van der Waals surface area contributed by atoms with E-state index in [0.717, 1.165) is 41.3 Å². The molecule has 0 bridgehead atoms. The Hall–Kier alpha value is -1.88. The fourth-order valence-corrected chi connectivity index (χ4v) is 3.19. The van der Waals surface area contributed by atoms with Crippen LogP contribution in [0.2, 0.25) is 0 Å². The summed E-state index contributed by atoms with van der Waals surface area (Å²) in [4.78, 5) is 20.2. The Kier molecular flexibility index (Phi) is 3.69. The Morgan fingerprint density at radius 3 is 2.60 bits per heavy atom. The van der Waals surface area contributed by atoms with Crippen molar-refractivity contribution in [3.05, 3.63) is 46.2 Å². The van der Waals surface area contributed by atoms with Crippen LogP contribution in [0.1, 0.15) is 17.7 Å². The standard InChI is InChI=1S/C15H17N3OS/c1-12-11-18(13-7-3-2-4-8-13)15(20-12)16-14(19)17-9-5-6-10-17/h2-4,7-8,11H,5-6,9-10H2,1H3/b16-15-. The summed E-state index contributed by atoms with van der Waals surface area (Å²) in [5.74, 6) is 0. The molecule has 5 heteroatoms. The second-order valence-corrected chi connectivity index (χ2v) is 6.13. The molecule has 104 valence electrons. The van der Waals surface area contributed by atoms with Crippen LogP contribution in [0.15, 0.2) is 41.5 Å². The molecule has 0 atom stereocenters. The zero-order valence-corrected chi connectivity index (χ0v) is 12.3. The molecule has 0 aliphatic carbocycles. The molecule has 0 radical (unpaired) electrons. The van der Waals surface area contributed by atoms with Crippen molar-refractivity contribution in [1.29, 1.82) is 0 Å². The van der Waals surface area contributed by atoms with Crippen LogP contribution in [-0.4, -0.2) is 28.6 Å². The number of aryl methyl sites for hydroxylation is 1. The van der Waals surface area contributed by atoms with Crippen molar-refractivity contribution in [2.45, 2.75) is 19.8 Å². The van der Waals surface area contributed by atoms with Gasteiger partial charge in [0.2, 0.25) is 0 Å². The van der Waals surface area contributed by atoms with Gasteiger partial charge in [0.1, 0.15) is 0 Å². The summed E-state index contributed by atoms with van der Waals surface area (Å²) in [5, 5.41) is 0. The fraction of sp³-hybridized carbons (Fsp3) is 0.333. The number of urea groups is 1. The maximum Gasteiger partial charge on any atom is 0.346 e. The molecular formula is C15H17N3OS. The third-order valence-electron chi connectivity index (χ3n) is 3.37. The molecule has 1 fully saturated rings. The van der Waals surface area contributed by atoms with Crippen LogP contribution in [0, 0.1) is 6.92 Å². The highest BCUT2D eigenvalue weighted by atomic mass is 32.1. The zero-order valence-electron chi connectivity index (χ0n) is 11.5. The monoisotopic (exact) mass is 287 g/mol. The molecule has 2 heterocycles. The topological polar surface area (TPSA) is 37.6 Å². The van der Waals surface area contributed by atoms with Gasteiger partial charge in [-0.1, -0.05) is 18.2 Å². The highest BCUT2D eigenvalue weighted by Gasteiger charge is 2.17. The number of thiazole rings is 1. The van der Waals surface area contributed by atoms with Crippen molar-refractivity contribution in [3.8, 4) is 5.69 Å². The van der Waals surface area contributed by atoms with E-state index in [1.807, 2.05) is 52.9 Å². The second-order valence-electron chi connectivity index (χ2n) is 4.92. The first-order chi connectivity index (χ1) is 9.74. The summed E-state index contributed by atoms with van der Waals surface area (Å²) < 4.78 is 1.98. The van der Waals surface area contributed by atoms with Gasteiger partial charge in [-0.15, -0.1) is 11.3 Å². The molecule has 20 heavy (non-hydrogen) atoms. The lowest BCUT2D eigenvalue weighted by Gasteiger charge is -2.10. The Balaban J connectivity index is 1.99. The number of hydrogen-bond donors (Lipinski definition) is 0. The number of likely N-dealkylation sites (tertiary alicyclic amines) is 1. The molecule has 1 aliphatic rings. The predicted octanol–water partition coefficient (Wildman–Crippen LogP) is 2.96. The summed E-state index contributed by atoms with van der Waals surface area (Å²) >= 11 is 1.55. The lowest BCUT2D eigenvalue weighted by Crippen LogP contribution is -2.27. The number of benzene rings is 1. The van der Waals surface area contributed by atoms with Gasteiger partial charge < -0.3 is 4.90 Å². The molecule has 2 amide bonds. The Morgan fingerprint density at radius 2 is 1.90 bits per heavy atom. The van der Waals surface area contributed by atoms with Crippen LogP contribution >= 0.6 is 11.3 Å². The molecule has 2 aromatic rings. The summed E-state index contributed by atoms with van der Waals surface area (Å²) in [5.41, 5.74) is 1.03.